The van der Waals surface area contributed by atoms with Gasteiger partial charge in [0.2, 0.25) is 11.8 Å². The van der Waals surface area contributed by atoms with E-state index in [0.29, 0.717) is 41.7 Å². The van der Waals surface area contributed by atoms with E-state index in [9.17, 15) is 18.0 Å². The number of amides is 1. The standard InChI is InChI=1S/C27H31F3N4O2S/c1-17(35)33(5)19-12-14-34(16-19)25-23(27(28,29)30)32-22(37-25)15-18-9-8-13-31-24(18)36-21-11-7-6-10-20(21)26(2,3)4/h6-11,13,19H,12,14-16H2,1-5H3. The fraction of sp³-hybridized carbons (Fsp3) is 0.444. The van der Waals surface area contributed by atoms with Crippen LogP contribution in [0.1, 0.15) is 55.9 Å². The van der Waals surface area contributed by atoms with Crippen LogP contribution in [-0.4, -0.2) is 47.0 Å². The molecule has 1 fully saturated rings. The maximum atomic E-state index is 14.0. The van der Waals surface area contributed by atoms with Crippen LogP contribution in [0.15, 0.2) is 42.6 Å². The Morgan fingerprint density at radius 3 is 2.59 bits per heavy atom. The molecule has 2 aromatic heterocycles. The van der Waals surface area contributed by atoms with E-state index >= 15 is 0 Å². The molecule has 1 saturated heterocycles. The molecule has 0 N–H and O–H groups in total. The molecule has 4 rings (SSSR count). The first-order chi connectivity index (χ1) is 17.3. The Bertz CT molecular complexity index is 1270. The normalized spacial score (nSPS) is 16.2. The molecule has 0 bridgehead atoms. The van der Waals surface area contributed by atoms with Crippen molar-refractivity contribution in [3.63, 3.8) is 0 Å². The summed E-state index contributed by atoms with van der Waals surface area (Å²) in [5.41, 5.74) is 0.599. The van der Waals surface area contributed by atoms with E-state index in [-0.39, 0.29) is 28.8 Å². The summed E-state index contributed by atoms with van der Waals surface area (Å²) in [7, 11) is 1.68. The van der Waals surface area contributed by atoms with Crippen molar-refractivity contribution in [3.05, 3.63) is 64.4 Å². The quantitative estimate of drug-likeness (QED) is 0.373. The first kappa shape index (κ1) is 26.9. The van der Waals surface area contributed by atoms with Crippen LogP contribution < -0.4 is 9.64 Å². The number of thiazole rings is 1. The molecule has 6 nitrogen and oxygen atoms in total. The lowest BCUT2D eigenvalue weighted by Crippen LogP contribution is -2.37. The largest absolute Gasteiger partial charge is 0.438 e. The van der Waals surface area contributed by atoms with Gasteiger partial charge < -0.3 is 14.5 Å². The molecule has 1 atom stereocenters. The monoisotopic (exact) mass is 532 g/mol. The average Bonchev–Trinajstić information content (AvgIpc) is 3.47. The van der Waals surface area contributed by atoms with E-state index in [0.717, 1.165) is 16.9 Å². The van der Waals surface area contributed by atoms with Crippen LogP contribution in [0, 0.1) is 0 Å². The minimum Gasteiger partial charge on any atom is -0.438 e. The maximum Gasteiger partial charge on any atom is 0.436 e. The molecule has 0 spiro atoms. The molecule has 0 radical (unpaired) electrons. The van der Waals surface area contributed by atoms with E-state index in [1.165, 1.54) is 6.92 Å². The van der Waals surface area contributed by atoms with Gasteiger partial charge in [0.1, 0.15) is 10.8 Å². The van der Waals surface area contributed by atoms with Gasteiger partial charge in [0.25, 0.3) is 0 Å². The fourth-order valence-electron chi connectivity index (χ4n) is 4.42. The predicted octanol–water partition coefficient (Wildman–Crippen LogP) is 6.29. The molecule has 1 aliphatic rings. The van der Waals surface area contributed by atoms with Crippen LogP contribution in [-0.2, 0) is 22.8 Å². The summed E-state index contributed by atoms with van der Waals surface area (Å²) in [6.45, 7) is 8.48. The van der Waals surface area contributed by atoms with Crippen LogP contribution in [0.4, 0.5) is 18.2 Å². The maximum absolute atomic E-state index is 14.0. The number of anilines is 1. The van der Waals surface area contributed by atoms with Crippen molar-refractivity contribution in [3.8, 4) is 11.6 Å². The summed E-state index contributed by atoms with van der Waals surface area (Å²) in [5.74, 6) is 0.891. The Morgan fingerprint density at radius 2 is 1.92 bits per heavy atom. The molecule has 3 heterocycles. The van der Waals surface area contributed by atoms with Crippen molar-refractivity contribution in [2.24, 2.45) is 0 Å². The van der Waals surface area contributed by atoms with Crippen LogP contribution in [0.5, 0.6) is 11.6 Å². The molecule has 1 aromatic carbocycles. The molecule has 1 amide bonds. The van der Waals surface area contributed by atoms with Gasteiger partial charge in [-0.3, -0.25) is 4.79 Å². The SMILES string of the molecule is CC(=O)N(C)C1CCN(c2sc(Cc3cccnc3Oc3ccccc3C(C)(C)C)nc2C(F)(F)F)C1. The number of likely N-dealkylation sites (N-methyl/N-ethyl adjacent to an activating group) is 1. The van der Waals surface area contributed by atoms with Gasteiger partial charge in [0.05, 0.1) is 11.0 Å². The second-order valence-corrected chi connectivity index (χ2v) is 11.3. The molecular formula is C27H31F3N4O2S. The Labute approximate surface area is 219 Å². The Morgan fingerprint density at radius 1 is 1.19 bits per heavy atom. The van der Waals surface area contributed by atoms with Crippen LogP contribution in [0.25, 0.3) is 0 Å². The number of carbonyl (C=O) groups excluding carboxylic acids is 1. The van der Waals surface area contributed by atoms with Crippen molar-refractivity contribution < 1.29 is 22.7 Å². The van der Waals surface area contributed by atoms with E-state index in [2.05, 4.69) is 30.7 Å². The molecule has 1 aliphatic heterocycles. The second kappa shape index (κ2) is 10.3. The summed E-state index contributed by atoms with van der Waals surface area (Å²) in [5, 5.41) is 0.416. The predicted molar refractivity (Wildman–Crippen MR) is 138 cm³/mol. The summed E-state index contributed by atoms with van der Waals surface area (Å²) >= 11 is 1.03. The number of halogens is 3. The van der Waals surface area contributed by atoms with Crippen molar-refractivity contribution >= 4 is 22.2 Å². The molecule has 0 aliphatic carbocycles. The lowest BCUT2D eigenvalue weighted by Gasteiger charge is -2.24. The van der Waals surface area contributed by atoms with Crippen LogP contribution >= 0.6 is 11.3 Å². The highest BCUT2D eigenvalue weighted by atomic mass is 32.1. The average molecular weight is 533 g/mol. The Kier molecular flexibility index (Phi) is 7.50. The van der Waals surface area contributed by atoms with Gasteiger partial charge in [-0.2, -0.15) is 13.2 Å². The van der Waals surface area contributed by atoms with Crippen LogP contribution in [0.3, 0.4) is 0 Å². The fourth-order valence-corrected chi connectivity index (χ4v) is 5.56. The zero-order valence-electron chi connectivity index (χ0n) is 21.6. The zero-order valence-corrected chi connectivity index (χ0v) is 22.4. The molecule has 3 aromatic rings. The third-order valence-corrected chi connectivity index (χ3v) is 7.63. The number of benzene rings is 1. The summed E-state index contributed by atoms with van der Waals surface area (Å²) < 4.78 is 48.1. The molecule has 198 valence electrons. The highest BCUT2D eigenvalue weighted by molar-refractivity contribution is 7.16. The third kappa shape index (κ3) is 6.06. The zero-order chi connectivity index (χ0) is 27.0. The second-order valence-electron chi connectivity index (χ2n) is 10.3. The first-order valence-corrected chi connectivity index (χ1v) is 12.9. The van der Waals surface area contributed by atoms with Crippen molar-refractivity contribution in [1.82, 2.24) is 14.9 Å². The molecule has 37 heavy (non-hydrogen) atoms. The highest BCUT2D eigenvalue weighted by Crippen LogP contribution is 2.42. The van der Waals surface area contributed by atoms with E-state index in [1.54, 1.807) is 35.2 Å². The minimum atomic E-state index is -4.59. The lowest BCUT2D eigenvalue weighted by molar-refractivity contribution is -0.140. The van der Waals surface area contributed by atoms with Gasteiger partial charge in [-0.25, -0.2) is 9.97 Å². The topological polar surface area (TPSA) is 58.6 Å². The van der Waals surface area contributed by atoms with E-state index in [4.69, 9.17) is 4.74 Å². The van der Waals surface area contributed by atoms with Gasteiger partial charge in [-0.15, -0.1) is 11.3 Å². The molecular weight excluding hydrogens is 501 g/mol. The minimum absolute atomic E-state index is 0.0892. The van der Waals surface area contributed by atoms with Gasteiger partial charge in [-0.05, 0) is 24.0 Å². The number of alkyl halides is 3. The number of hydrogen-bond donors (Lipinski definition) is 0. The summed E-state index contributed by atoms with van der Waals surface area (Å²) in [6, 6.07) is 11.1. The number of para-hydroxylation sites is 1. The third-order valence-electron chi connectivity index (χ3n) is 6.51. The van der Waals surface area contributed by atoms with Gasteiger partial charge in [0, 0.05) is 50.8 Å². The Balaban J connectivity index is 1.62. The summed E-state index contributed by atoms with van der Waals surface area (Å²) in [4.78, 5) is 23.4. The molecule has 10 heteroatoms. The van der Waals surface area contributed by atoms with E-state index in [1.807, 2.05) is 24.3 Å². The number of aromatic nitrogens is 2. The number of nitrogens with zero attached hydrogens (tertiary/aromatic N) is 4. The number of rotatable bonds is 6. The first-order valence-electron chi connectivity index (χ1n) is 12.1. The van der Waals surface area contributed by atoms with Gasteiger partial charge in [-0.1, -0.05) is 45.0 Å². The van der Waals surface area contributed by atoms with Crippen molar-refractivity contribution in [1.29, 1.82) is 0 Å². The van der Waals surface area contributed by atoms with Gasteiger partial charge in [0.15, 0.2) is 5.69 Å². The van der Waals surface area contributed by atoms with Gasteiger partial charge >= 0.3 is 6.18 Å². The van der Waals surface area contributed by atoms with Crippen molar-refractivity contribution in [2.45, 2.75) is 58.2 Å². The molecule has 1 unspecified atom stereocenters. The molecule has 0 saturated carbocycles. The number of hydrogen-bond acceptors (Lipinski definition) is 6. The van der Waals surface area contributed by atoms with Crippen LogP contribution in [0.2, 0.25) is 0 Å². The summed E-state index contributed by atoms with van der Waals surface area (Å²) in [6.07, 6.45) is -2.23. The highest BCUT2D eigenvalue weighted by Gasteiger charge is 2.41. The Hall–Kier alpha value is -3.14. The lowest BCUT2D eigenvalue weighted by atomic mass is 9.86. The number of pyridine rings is 1. The van der Waals surface area contributed by atoms with Crippen molar-refractivity contribution in [2.75, 3.05) is 25.0 Å². The number of ether oxygens (including phenoxy) is 1. The van der Waals surface area contributed by atoms with E-state index < -0.39 is 11.9 Å². The number of carbonyl (C=O) groups is 1. The smallest absolute Gasteiger partial charge is 0.436 e.